The van der Waals surface area contributed by atoms with Crippen LogP contribution in [-0.2, 0) is 38.2 Å². The number of carbonyl (C=O) groups is 6. The molecule has 4 amide bonds. The standard InChI is InChI=1S/C26H32N4O8S2/c1-37-25(35)19(29-21(31)11-13-27-23(33)17-7-3-4-8-17)15-39-40-16-20(26(36)38-2)30-22(32)12-14-28-24(34)18-9-5-6-10-18/h3-10,19-20H,11-16H2,1-2H3,(H,27,33)(H,28,34)(H,29,31)(H,30,32)/t19-,20-/m0/s1. The number of esters is 2. The first kappa shape index (κ1) is 33.7. The fraction of sp³-hybridized carbons (Fsp3) is 0.385. The van der Waals surface area contributed by atoms with E-state index in [1.165, 1.54) is 35.8 Å². The van der Waals surface area contributed by atoms with Gasteiger partial charge in [0, 0.05) is 37.4 Å². The van der Waals surface area contributed by atoms with Crippen LogP contribution >= 0.6 is 21.6 Å². The quantitative estimate of drug-likeness (QED) is 0.0982. The van der Waals surface area contributed by atoms with Gasteiger partial charge in [-0.15, -0.1) is 0 Å². The van der Waals surface area contributed by atoms with Gasteiger partial charge in [0.2, 0.25) is 23.6 Å². The van der Waals surface area contributed by atoms with Gasteiger partial charge in [-0.3, -0.25) is 19.2 Å². The lowest BCUT2D eigenvalue weighted by Crippen LogP contribution is -2.45. The number of hydrogen-bond acceptors (Lipinski definition) is 10. The Hall–Kier alpha value is -2.48. The molecule has 12 nitrogen and oxygen atoms in total. The van der Waals surface area contributed by atoms with Crippen molar-refractivity contribution in [2.24, 2.45) is 0 Å². The van der Waals surface area contributed by atoms with Crippen LogP contribution in [0, 0.1) is 63.2 Å². The van der Waals surface area contributed by atoms with Gasteiger partial charge < -0.3 is 30.7 Å². The molecule has 0 aromatic heterocycles. The molecular formula is C26H32N4O8S2. The van der Waals surface area contributed by atoms with Crippen molar-refractivity contribution in [3.05, 3.63) is 63.2 Å². The summed E-state index contributed by atoms with van der Waals surface area (Å²) < 4.78 is 9.52. The molecule has 10 radical (unpaired) electrons. The third-order valence-corrected chi connectivity index (χ3v) is 7.74. The van der Waals surface area contributed by atoms with Crippen LogP contribution in [0.5, 0.6) is 0 Å². The van der Waals surface area contributed by atoms with E-state index in [2.05, 4.69) is 21.3 Å². The molecule has 0 unspecified atom stereocenters. The van der Waals surface area contributed by atoms with Crippen molar-refractivity contribution in [3.63, 3.8) is 0 Å². The zero-order chi connectivity index (χ0) is 29.3. The van der Waals surface area contributed by atoms with Crippen LogP contribution in [0.4, 0.5) is 0 Å². The van der Waals surface area contributed by atoms with Crippen molar-refractivity contribution in [2.45, 2.75) is 24.9 Å². The summed E-state index contributed by atoms with van der Waals surface area (Å²) in [6.07, 6.45) is 13.5. The minimum atomic E-state index is -0.960. The highest BCUT2D eigenvalue weighted by Crippen LogP contribution is 2.25. The zero-order valence-electron chi connectivity index (χ0n) is 22.1. The fourth-order valence-corrected chi connectivity index (χ4v) is 5.52. The molecule has 2 saturated carbocycles. The van der Waals surface area contributed by atoms with E-state index in [0.29, 0.717) is 11.8 Å². The van der Waals surface area contributed by atoms with Gasteiger partial charge in [-0.1, -0.05) is 21.6 Å². The predicted octanol–water partition coefficient (Wildman–Crippen LogP) is -0.493. The Labute approximate surface area is 243 Å². The molecule has 40 heavy (non-hydrogen) atoms. The van der Waals surface area contributed by atoms with E-state index in [1.54, 1.807) is 51.4 Å². The molecule has 14 heteroatoms. The van der Waals surface area contributed by atoms with Gasteiger partial charge in [-0.05, 0) is 51.4 Å². The third kappa shape index (κ3) is 12.4. The molecule has 2 rings (SSSR count). The number of nitrogens with one attached hydrogen (secondary N) is 4. The molecule has 0 saturated heterocycles. The predicted molar refractivity (Wildman–Crippen MR) is 149 cm³/mol. The second kappa shape index (κ2) is 18.8. The number of methoxy groups -OCH3 is 2. The number of hydrogen-bond donors (Lipinski definition) is 4. The SMILES string of the molecule is COC(=O)[C@H](CSSC[C@H](NC(=O)CCNC(=O)[C]1[CH][CH][CH][CH]1)C(=O)OC)NC(=O)CCNC(=O)[C]1[CH][CH][CH][CH]1. The van der Waals surface area contributed by atoms with Crippen molar-refractivity contribution in [1.82, 2.24) is 21.3 Å². The summed E-state index contributed by atoms with van der Waals surface area (Å²) in [6.45, 7) is 0.173. The molecule has 0 spiro atoms. The maximum atomic E-state index is 12.3. The van der Waals surface area contributed by atoms with Crippen molar-refractivity contribution >= 4 is 57.2 Å². The summed E-state index contributed by atoms with van der Waals surface area (Å²) in [5.74, 6) is -1.58. The summed E-state index contributed by atoms with van der Waals surface area (Å²) in [4.78, 5) is 72.8. The minimum Gasteiger partial charge on any atom is -0.467 e. The Kier molecular flexibility index (Phi) is 15.8. The highest BCUT2D eigenvalue weighted by atomic mass is 33.1. The molecule has 0 aliphatic heterocycles. The smallest absolute Gasteiger partial charge is 0.329 e. The summed E-state index contributed by atoms with van der Waals surface area (Å²) in [5.41, 5.74) is 0. The first-order valence-electron chi connectivity index (χ1n) is 12.2. The summed E-state index contributed by atoms with van der Waals surface area (Å²) in [7, 11) is 4.78. The van der Waals surface area contributed by atoms with E-state index < -0.39 is 35.8 Å². The van der Waals surface area contributed by atoms with Crippen LogP contribution in [0.15, 0.2) is 0 Å². The largest absolute Gasteiger partial charge is 0.467 e. The number of rotatable bonds is 17. The molecular weight excluding hydrogens is 560 g/mol. The Morgan fingerprint density at radius 1 is 0.650 bits per heavy atom. The molecule has 4 N–H and O–H groups in total. The zero-order valence-corrected chi connectivity index (χ0v) is 23.7. The van der Waals surface area contributed by atoms with E-state index in [0.717, 1.165) is 0 Å². The molecule has 2 fully saturated rings. The van der Waals surface area contributed by atoms with E-state index in [9.17, 15) is 28.8 Å². The van der Waals surface area contributed by atoms with Crippen molar-refractivity contribution in [1.29, 1.82) is 0 Å². The van der Waals surface area contributed by atoms with Crippen molar-refractivity contribution in [3.8, 4) is 0 Å². The van der Waals surface area contributed by atoms with Crippen LogP contribution in [0.1, 0.15) is 12.8 Å². The Bertz CT molecular complexity index is 809. The maximum Gasteiger partial charge on any atom is 0.329 e. The fourth-order valence-electron chi connectivity index (χ4n) is 3.22. The second-order valence-electron chi connectivity index (χ2n) is 8.21. The summed E-state index contributed by atoms with van der Waals surface area (Å²) in [6, 6.07) is -1.92. The van der Waals surface area contributed by atoms with Crippen LogP contribution in [0.3, 0.4) is 0 Å². The molecule has 0 heterocycles. The third-order valence-electron chi connectivity index (χ3n) is 5.32. The average Bonchev–Trinajstić information content (AvgIpc) is 3.68. The molecule has 0 aromatic rings. The maximum absolute atomic E-state index is 12.3. The van der Waals surface area contributed by atoms with Crippen LogP contribution in [0.25, 0.3) is 0 Å². The van der Waals surface area contributed by atoms with E-state index in [4.69, 9.17) is 9.47 Å². The van der Waals surface area contributed by atoms with Gasteiger partial charge in [0.05, 0.1) is 26.1 Å². The molecule has 2 aliphatic carbocycles. The Morgan fingerprint density at radius 2 is 1.00 bits per heavy atom. The summed E-state index contributed by atoms with van der Waals surface area (Å²) >= 11 is 0. The first-order chi connectivity index (χ1) is 19.2. The lowest BCUT2D eigenvalue weighted by Gasteiger charge is -2.18. The van der Waals surface area contributed by atoms with Crippen molar-refractivity contribution < 1.29 is 38.2 Å². The molecule has 216 valence electrons. The van der Waals surface area contributed by atoms with Crippen LogP contribution in [0.2, 0.25) is 0 Å². The second-order valence-corrected chi connectivity index (χ2v) is 10.8. The van der Waals surface area contributed by atoms with Crippen LogP contribution in [-0.4, -0.2) is 86.5 Å². The summed E-state index contributed by atoms with van der Waals surface area (Å²) in [5, 5.41) is 10.4. The van der Waals surface area contributed by atoms with Crippen molar-refractivity contribution in [2.75, 3.05) is 38.8 Å². The topological polar surface area (TPSA) is 169 Å². The van der Waals surface area contributed by atoms with E-state index >= 15 is 0 Å². The number of ether oxygens (including phenoxy) is 2. The highest BCUT2D eigenvalue weighted by Gasteiger charge is 2.27. The van der Waals surface area contributed by atoms with Gasteiger partial charge in [0.25, 0.3) is 0 Å². The minimum absolute atomic E-state index is 0.0403. The highest BCUT2D eigenvalue weighted by molar-refractivity contribution is 8.76. The lowest BCUT2D eigenvalue weighted by atomic mass is 10.1. The van der Waals surface area contributed by atoms with Crippen LogP contribution < -0.4 is 21.3 Å². The van der Waals surface area contributed by atoms with Gasteiger partial charge >= 0.3 is 11.9 Å². The number of amides is 4. The lowest BCUT2D eigenvalue weighted by molar-refractivity contribution is -0.144. The first-order valence-corrected chi connectivity index (χ1v) is 14.7. The Morgan fingerprint density at radius 3 is 1.32 bits per heavy atom. The van der Waals surface area contributed by atoms with E-state index in [-0.39, 0.29) is 49.3 Å². The molecule has 2 atom stereocenters. The number of carbonyl (C=O) groups excluding carboxylic acids is 6. The monoisotopic (exact) mass is 592 g/mol. The van der Waals surface area contributed by atoms with Gasteiger partial charge in [0.15, 0.2) is 0 Å². The molecule has 2 aliphatic rings. The van der Waals surface area contributed by atoms with Gasteiger partial charge in [-0.25, -0.2) is 9.59 Å². The van der Waals surface area contributed by atoms with Gasteiger partial charge in [-0.2, -0.15) is 0 Å². The average molecular weight is 593 g/mol. The Balaban J connectivity index is 1.70. The van der Waals surface area contributed by atoms with Gasteiger partial charge in [0.1, 0.15) is 12.1 Å². The molecule has 0 bridgehead atoms. The normalized spacial score (nSPS) is 16.9. The molecule has 0 aromatic carbocycles. The van der Waals surface area contributed by atoms with E-state index in [1.807, 2.05) is 0 Å².